The van der Waals surface area contributed by atoms with Crippen molar-refractivity contribution >= 4 is 37.8 Å². The summed E-state index contributed by atoms with van der Waals surface area (Å²) in [6, 6.07) is 14.6. The molecule has 1 unspecified atom stereocenters. The summed E-state index contributed by atoms with van der Waals surface area (Å²) < 4.78 is 15.1. The lowest BCUT2D eigenvalue weighted by Crippen LogP contribution is -2.21. The molecule has 0 aromatic heterocycles. The maximum absolute atomic E-state index is 11.3. The summed E-state index contributed by atoms with van der Waals surface area (Å²) in [4.78, 5) is 11.3. The molecule has 0 bridgehead atoms. The zero-order valence-electron chi connectivity index (χ0n) is 23.4. The van der Waals surface area contributed by atoms with Gasteiger partial charge >= 0.3 is 5.97 Å². The van der Waals surface area contributed by atoms with Gasteiger partial charge in [0.2, 0.25) is 0 Å². The molecule has 0 amide bonds. The second-order valence-electron chi connectivity index (χ2n) is 11.2. The SMILES string of the molecule is Cc1cc(C)cc(C(OC2CCCCC2)c2cc(C)c(C(C)C)cc2Oc2c(Br)cc(CC(=O)O)cc2Br)c1. The molecular weight excluding hydrogens is 620 g/mol. The van der Waals surface area contributed by atoms with Crippen LogP contribution < -0.4 is 4.74 Å². The number of rotatable bonds is 9. The number of carboxylic acids is 1. The number of carbonyl (C=O) groups is 1. The normalized spacial score (nSPS) is 15.0. The molecule has 39 heavy (non-hydrogen) atoms. The van der Waals surface area contributed by atoms with E-state index in [2.05, 4.69) is 96.8 Å². The first-order valence-electron chi connectivity index (χ1n) is 13.8. The van der Waals surface area contributed by atoms with Crippen molar-refractivity contribution in [2.45, 2.75) is 91.3 Å². The molecule has 3 aromatic carbocycles. The van der Waals surface area contributed by atoms with E-state index in [0.29, 0.717) is 26.2 Å². The number of aliphatic carboxylic acids is 1. The Morgan fingerprint density at radius 1 is 0.897 bits per heavy atom. The van der Waals surface area contributed by atoms with Crippen LogP contribution in [0.3, 0.4) is 0 Å². The molecule has 3 aromatic rings. The van der Waals surface area contributed by atoms with E-state index >= 15 is 0 Å². The Balaban J connectivity index is 1.86. The van der Waals surface area contributed by atoms with E-state index in [4.69, 9.17) is 9.47 Å². The molecule has 1 saturated carbocycles. The minimum Gasteiger partial charge on any atom is -0.481 e. The Bertz CT molecular complexity index is 1300. The predicted octanol–water partition coefficient (Wildman–Crippen LogP) is 10.1. The smallest absolute Gasteiger partial charge is 0.307 e. The van der Waals surface area contributed by atoms with Gasteiger partial charge in [0.05, 0.1) is 21.5 Å². The van der Waals surface area contributed by atoms with E-state index in [9.17, 15) is 9.90 Å². The van der Waals surface area contributed by atoms with Gasteiger partial charge < -0.3 is 14.6 Å². The number of halogens is 2. The summed E-state index contributed by atoms with van der Waals surface area (Å²) >= 11 is 7.27. The lowest BCUT2D eigenvalue weighted by Gasteiger charge is -2.30. The molecule has 0 aliphatic heterocycles. The van der Waals surface area contributed by atoms with Crippen molar-refractivity contribution in [1.82, 2.24) is 0 Å². The average Bonchev–Trinajstić information content (AvgIpc) is 2.85. The Kier molecular flexibility index (Phi) is 9.95. The summed E-state index contributed by atoms with van der Waals surface area (Å²) in [7, 11) is 0. The van der Waals surface area contributed by atoms with E-state index in [1.165, 1.54) is 41.5 Å². The van der Waals surface area contributed by atoms with Crippen LogP contribution >= 0.6 is 31.9 Å². The van der Waals surface area contributed by atoms with Crippen LogP contribution in [0.2, 0.25) is 0 Å². The van der Waals surface area contributed by atoms with Crippen LogP contribution in [-0.2, 0) is 16.0 Å². The van der Waals surface area contributed by atoms with Gasteiger partial charge in [-0.2, -0.15) is 0 Å². The van der Waals surface area contributed by atoms with Gasteiger partial charge in [0.1, 0.15) is 11.9 Å². The molecule has 1 fully saturated rings. The first-order chi connectivity index (χ1) is 18.5. The molecular formula is C33H38Br2O4. The Morgan fingerprint density at radius 3 is 2.08 bits per heavy atom. The number of benzene rings is 3. The number of aryl methyl sites for hydroxylation is 3. The van der Waals surface area contributed by atoms with Crippen molar-refractivity contribution in [2.24, 2.45) is 0 Å². The van der Waals surface area contributed by atoms with Gasteiger partial charge in [-0.15, -0.1) is 0 Å². The Morgan fingerprint density at radius 2 is 1.51 bits per heavy atom. The maximum Gasteiger partial charge on any atom is 0.307 e. The van der Waals surface area contributed by atoms with Crippen LogP contribution in [0.25, 0.3) is 0 Å². The zero-order chi connectivity index (χ0) is 28.3. The molecule has 4 nitrogen and oxygen atoms in total. The Hall–Kier alpha value is -2.15. The van der Waals surface area contributed by atoms with Crippen LogP contribution in [-0.4, -0.2) is 17.2 Å². The average molecular weight is 658 g/mol. The third-order valence-electron chi connectivity index (χ3n) is 7.36. The van der Waals surface area contributed by atoms with Crippen molar-refractivity contribution in [3.63, 3.8) is 0 Å². The summed E-state index contributed by atoms with van der Waals surface area (Å²) in [6.45, 7) is 10.8. The predicted molar refractivity (Wildman–Crippen MR) is 164 cm³/mol. The van der Waals surface area contributed by atoms with Crippen LogP contribution in [0.15, 0.2) is 51.4 Å². The van der Waals surface area contributed by atoms with Gasteiger partial charge in [0, 0.05) is 5.56 Å². The quantitative estimate of drug-likeness (QED) is 0.249. The highest BCUT2D eigenvalue weighted by Gasteiger charge is 2.27. The third kappa shape index (κ3) is 7.53. The highest BCUT2D eigenvalue weighted by Crippen LogP contribution is 2.44. The topological polar surface area (TPSA) is 55.8 Å². The number of carboxylic acid groups (broad SMARTS) is 1. The molecule has 4 rings (SSSR count). The summed E-state index contributed by atoms with van der Waals surface area (Å²) in [5.74, 6) is 0.809. The third-order valence-corrected chi connectivity index (χ3v) is 8.53. The molecule has 0 heterocycles. The fourth-order valence-electron chi connectivity index (χ4n) is 5.62. The lowest BCUT2D eigenvalue weighted by atomic mass is 9.90. The van der Waals surface area contributed by atoms with E-state index in [1.54, 1.807) is 0 Å². The fourth-order valence-corrected chi connectivity index (χ4v) is 7.07. The van der Waals surface area contributed by atoms with E-state index in [0.717, 1.165) is 29.7 Å². The summed E-state index contributed by atoms with van der Waals surface area (Å²) in [6.07, 6.45) is 5.68. The summed E-state index contributed by atoms with van der Waals surface area (Å²) in [5.41, 5.74) is 7.67. The molecule has 0 spiro atoms. The maximum atomic E-state index is 11.3. The van der Waals surface area contributed by atoms with Crippen LogP contribution in [0.1, 0.15) is 96.9 Å². The number of hydrogen-bond acceptors (Lipinski definition) is 3. The largest absolute Gasteiger partial charge is 0.481 e. The van der Waals surface area contributed by atoms with E-state index in [-0.39, 0.29) is 18.6 Å². The van der Waals surface area contributed by atoms with Gasteiger partial charge in [-0.05, 0) is 118 Å². The molecule has 6 heteroatoms. The van der Waals surface area contributed by atoms with Crippen molar-refractivity contribution < 1.29 is 19.4 Å². The molecule has 0 saturated heterocycles. The molecule has 208 valence electrons. The highest BCUT2D eigenvalue weighted by atomic mass is 79.9. The van der Waals surface area contributed by atoms with Gasteiger partial charge in [-0.1, -0.05) is 62.4 Å². The molecule has 1 aliphatic rings. The van der Waals surface area contributed by atoms with Crippen molar-refractivity contribution in [1.29, 1.82) is 0 Å². The first kappa shape index (κ1) is 29.8. The molecule has 0 radical (unpaired) electrons. The van der Waals surface area contributed by atoms with Gasteiger partial charge in [-0.25, -0.2) is 0 Å². The molecule has 1 aliphatic carbocycles. The fraction of sp³-hybridized carbons (Fsp3) is 0.424. The van der Waals surface area contributed by atoms with Crippen molar-refractivity contribution in [3.8, 4) is 11.5 Å². The van der Waals surface area contributed by atoms with Gasteiger partial charge in [-0.3, -0.25) is 4.79 Å². The number of hydrogen-bond donors (Lipinski definition) is 1. The van der Waals surface area contributed by atoms with Crippen LogP contribution in [0, 0.1) is 20.8 Å². The minimum absolute atomic E-state index is 0.0607. The Labute approximate surface area is 249 Å². The van der Waals surface area contributed by atoms with Crippen LogP contribution in [0.4, 0.5) is 0 Å². The second-order valence-corrected chi connectivity index (χ2v) is 12.9. The molecule has 1 N–H and O–H groups in total. The standard InChI is InChI=1S/C33H38Br2O4/c1-19(2)26-18-30(39-33-28(34)15-23(16-29(33)35)17-31(36)37)27(14-22(26)5)32(38-25-9-7-6-8-10-25)24-12-20(3)11-21(4)13-24/h11-16,18-19,25,32H,6-10,17H2,1-5H3,(H,36,37). The molecule has 1 atom stereocenters. The summed E-state index contributed by atoms with van der Waals surface area (Å²) in [5, 5.41) is 9.27. The van der Waals surface area contributed by atoms with Crippen molar-refractivity contribution in [3.05, 3.63) is 90.4 Å². The van der Waals surface area contributed by atoms with Gasteiger partial charge in [0.25, 0.3) is 0 Å². The zero-order valence-corrected chi connectivity index (χ0v) is 26.6. The van der Waals surface area contributed by atoms with E-state index < -0.39 is 5.97 Å². The van der Waals surface area contributed by atoms with Gasteiger partial charge in [0.15, 0.2) is 5.75 Å². The highest BCUT2D eigenvalue weighted by molar-refractivity contribution is 9.11. The number of ether oxygens (including phenoxy) is 2. The van der Waals surface area contributed by atoms with Crippen LogP contribution in [0.5, 0.6) is 11.5 Å². The second kappa shape index (κ2) is 13.0. The lowest BCUT2D eigenvalue weighted by molar-refractivity contribution is -0.136. The van der Waals surface area contributed by atoms with E-state index in [1.807, 2.05) is 12.1 Å². The van der Waals surface area contributed by atoms with Crippen molar-refractivity contribution in [2.75, 3.05) is 0 Å². The first-order valence-corrected chi connectivity index (χ1v) is 15.4. The monoisotopic (exact) mass is 656 g/mol. The minimum atomic E-state index is -0.874.